The van der Waals surface area contributed by atoms with Gasteiger partial charge in [0.05, 0.1) is 20.1 Å². The van der Waals surface area contributed by atoms with E-state index in [9.17, 15) is 4.79 Å². The number of carbonyl (C=O) groups is 2. The largest absolute Gasteiger partial charge is 0.471 e. The summed E-state index contributed by atoms with van der Waals surface area (Å²) in [7, 11) is 2.79. The SMILES string of the molecule is C=C(CC)CC/C=C(\C)CCC=C(C)C.COC(=O)C1CC=C(CC/C=C(\C)CCC=C(C)C)CC1.COC=O. The molecule has 1 unspecified atom stereocenters. The molecule has 0 aromatic rings. The van der Waals surface area contributed by atoms with Crippen molar-refractivity contribution in [1.29, 1.82) is 0 Å². The van der Waals surface area contributed by atoms with Gasteiger partial charge in [-0.15, -0.1) is 0 Å². The van der Waals surface area contributed by atoms with Crippen molar-refractivity contribution in [3.05, 3.63) is 70.4 Å². The first-order chi connectivity index (χ1) is 19.0. The number of allylic oxidation sites excluding steroid dienone is 11. The number of methoxy groups -OCH3 is 2. The number of hydrogen-bond acceptors (Lipinski definition) is 4. The first kappa shape index (κ1) is 39.5. The van der Waals surface area contributed by atoms with Crippen molar-refractivity contribution in [2.45, 2.75) is 126 Å². The van der Waals surface area contributed by atoms with E-state index in [1.54, 1.807) is 0 Å². The Morgan fingerprint density at radius 2 is 1.38 bits per heavy atom. The molecule has 0 aromatic carbocycles. The number of hydrogen-bond donors (Lipinski definition) is 0. The van der Waals surface area contributed by atoms with Crippen LogP contribution in [0.15, 0.2) is 70.4 Å². The molecule has 0 saturated carbocycles. The second kappa shape index (κ2) is 26.6. The van der Waals surface area contributed by atoms with E-state index in [1.165, 1.54) is 60.5 Å². The van der Waals surface area contributed by atoms with Gasteiger partial charge in [0.15, 0.2) is 0 Å². The van der Waals surface area contributed by atoms with Gasteiger partial charge in [-0.3, -0.25) is 9.59 Å². The Hall–Kier alpha value is -2.62. The van der Waals surface area contributed by atoms with Crippen molar-refractivity contribution >= 4 is 12.4 Å². The summed E-state index contributed by atoms with van der Waals surface area (Å²) in [5, 5.41) is 0. The minimum atomic E-state index is -0.0553. The minimum Gasteiger partial charge on any atom is -0.471 e. The van der Waals surface area contributed by atoms with Gasteiger partial charge in [0.2, 0.25) is 0 Å². The highest BCUT2D eigenvalue weighted by Crippen LogP contribution is 2.27. The van der Waals surface area contributed by atoms with Crippen LogP contribution in [-0.2, 0) is 19.1 Å². The van der Waals surface area contributed by atoms with Gasteiger partial charge in [0.25, 0.3) is 6.47 Å². The quantitative estimate of drug-likeness (QED) is 0.114. The van der Waals surface area contributed by atoms with Gasteiger partial charge in [-0.1, -0.05) is 77.3 Å². The lowest BCUT2D eigenvalue weighted by Gasteiger charge is -2.19. The van der Waals surface area contributed by atoms with Crippen molar-refractivity contribution in [2.75, 3.05) is 14.2 Å². The maximum atomic E-state index is 11.5. The second-order valence-corrected chi connectivity index (χ2v) is 11.1. The number of rotatable bonds is 15. The summed E-state index contributed by atoms with van der Waals surface area (Å²) in [4.78, 5) is 20.4. The minimum absolute atomic E-state index is 0.0553. The van der Waals surface area contributed by atoms with E-state index in [1.807, 2.05) is 0 Å². The fraction of sp³-hybridized carbons (Fsp3) is 0.611. The molecule has 0 saturated heterocycles. The van der Waals surface area contributed by atoms with Crippen LogP contribution >= 0.6 is 0 Å². The normalized spacial score (nSPS) is 14.7. The van der Waals surface area contributed by atoms with E-state index in [0.717, 1.165) is 64.2 Å². The van der Waals surface area contributed by atoms with Crippen LogP contribution in [0.1, 0.15) is 126 Å². The van der Waals surface area contributed by atoms with E-state index in [2.05, 4.69) is 90.2 Å². The molecular weight excluding hydrogens is 496 g/mol. The van der Waals surface area contributed by atoms with Gasteiger partial charge < -0.3 is 9.47 Å². The van der Waals surface area contributed by atoms with Gasteiger partial charge in [-0.2, -0.15) is 0 Å². The summed E-state index contributed by atoms with van der Waals surface area (Å²) < 4.78 is 8.67. The number of ether oxygens (including phenoxy) is 2. The number of carbonyl (C=O) groups excluding carboxylic acids is 2. The molecule has 0 bridgehead atoms. The third kappa shape index (κ3) is 25.6. The van der Waals surface area contributed by atoms with Gasteiger partial charge in [-0.05, 0) is 119 Å². The Labute approximate surface area is 247 Å². The van der Waals surface area contributed by atoms with E-state index in [-0.39, 0.29) is 11.9 Å². The van der Waals surface area contributed by atoms with Crippen LogP contribution in [0.4, 0.5) is 0 Å². The molecule has 1 aliphatic carbocycles. The molecule has 0 N–H and O–H groups in total. The summed E-state index contributed by atoms with van der Waals surface area (Å²) in [5.41, 5.74) is 8.68. The Kier molecular flexibility index (Phi) is 26.3. The van der Waals surface area contributed by atoms with Crippen molar-refractivity contribution in [1.82, 2.24) is 0 Å². The molecule has 1 rings (SSSR count). The Morgan fingerprint density at radius 3 is 1.77 bits per heavy atom. The smallest absolute Gasteiger partial charge is 0.308 e. The van der Waals surface area contributed by atoms with E-state index >= 15 is 0 Å². The van der Waals surface area contributed by atoms with Crippen molar-refractivity contribution in [3.63, 3.8) is 0 Å². The molecule has 0 aromatic heterocycles. The monoisotopic (exact) mass is 556 g/mol. The first-order valence-corrected chi connectivity index (χ1v) is 15.0. The molecule has 1 atom stereocenters. The summed E-state index contributed by atoms with van der Waals surface area (Å²) in [6.07, 6.45) is 24.8. The Bertz CT molecular complexity index is 859. The Morgan fingerprint density at radius 1 is 0.875 bits per heavy atom. The van der Waals surface area contributed by atoms with Crippen LogP contribution in [0.2, 0.25) is 0 Å². The van der Waals surface area contributed by atoms with Crippen LogP contribution in [0.3, 0.4) is 0 Å². The average Bonchev–Trinajstić information content (AvgIpc) is 2.93. The molecule has 0 amide bonds. The zero-order valence-electron chi connectivity index (χ0n) is 27.4. The third-order valence-electron chi connectivity index (χ3n) is 6.77. The van der Waals surface area contributed by atoms with Crippen LogP contribution in [0.25, 0.3) is 0 Å². The average molecular weight is 557 g/mol. The molecular formula is C36H60O4. The van der Waals surface area contributed by atoms with Crippen LogP contribution in [-0.4, -0.2) is 26.7 Å². The fourth-order valence-corrected chi connectivity index (χ4v) is 4.08. The standard InChI is InChI=1S/C19H30O2.C15H26.C2H4O2/c1-15(2)7-5-8-16(3)9-6-10-17-11-13-18(14-12-17)19(20)21-4;1-6-14(4)10-8-12-15(5)11-7-9-13(2)3;1-4-2-3/h7,9,11,18H,5-6,8,10,12-14H2,1-4H3;9,12H,4,6-8,10-11H2,1-3,5H3;2H,1H3/b16-9+;15-12+;. The van der Waals surface area contributed by atoms with E-state index < -0.39 is 0 Å². The summed E-state index contributed by atoms with van der Waals surface area (Å²) >= 11 is 0. The van der Waals surface area contributed by atoms with Gasteiger partial charge in [0, 0.05) is 0 Å². The van der Waals surface area contributed by atoms with Crippen molar-refractivity contribution < 1.29 is 19.1 Å². The molecule has 4 nitrogen and oxygen atoms in total. The van der Waals surface area contributed by atoms with Crippen LogP contribution < -0.4 is 0 Å². The second-order valence-electron chi connectivity index (χ2n) is 11.1. The maximum Gasteiger partial charge on any atom is 0.308 e. The highest BCUT2D eigenvalue weighted by atomic mass is 16.5. The lowest BCUT2D eigenvalue weighted by atomic mass is 9.88. The first-order valence-electron chi connectivity index (χ1n) is 15.0. The topological polar surface area (TPSA) is 52.6 Å². The molecule has 0 spiro atoms. The Balaban J connectivity index is 0. The van der Waals surface area contributed by atoms with Crippen LogP contribution in [0, 0.1) is 5.92 Å². The maximum absolute atomic E-state index is 11.5. The van der Waals surface area contributed by atoms with Crippen molar-refractivity contribution in [3.8, 4) is 0 Å². The molecule has 0 heterocycles. The predicted molar refractivity (Wildman–Crippen MR) is 173 cm³/mol. The highest BCUT2D eigenvalue weighted by molar-refractivity contribution is 5.72. The van der Waals surface area contributed by atoms with Crippen molar-refractivity contribution in [2.24, 2.45) is 5.92 Å². The molecule has 4 heteroatoms. The number of esters is 1. The molecule has 0 aliphatic heterocycles. The van der Waals surface area contributed by atoms with Crippen LogP contribution in [0.5, 0.6) is 0 Å². The predicted octanol–water partition coefficient (Wildman–Crippen LogP) is 10.6. The summed E-state index contributed by atoms with van der Waals surface area (Å²) in [5.74, 6) is 0.0282. The molecule has 1 aliphatic rings. The third-order valence-corrected chi connectivity index (χ3v) is 6.77. The summed E-state index contributed by atoms with van der Waals surface area (Å²) in [6, 6.07) is 0. The van der Waals surface area contributed by atoms with Gasteiger partial charge in [0.1, 0.15) is 0 Å². The molecule has 0 radical (unpaired) electrons. The fourth-order valence-electron chi connectivity index (χ4n) is 4.08. The summed E-state index contributed by atoms with van der Waals surface area (Å²) in [6.45, 7) is 19.6. The molecule has 228 valence electrons. The lowest BCUT2D eigenvalue weighted by molar-refractivity contribution is -0.145. The van der Waals surface area contributed by atoms with Gasteiger partial charge >= 0.3 is 5.97 Å². The molecule has 40 heavy (non-hydrogen) atoms. The van der Waals surface area contributed by atoms with E-state index in [4.69, 9.17) is 9.53 Å². The zero-order valence-corrected chi connectivity index (χ0v) is 27.4. The van der Waals surface area contributed by atoms with E-state index in [0.29, 0.717) is 6.47 Å². The lowest BCUT2D eigenvalue weighted by Crippen LogP contribution is -2.18. The highest BCUT2D eigenvalue weighted by Gasteiger charge is 2.21. The van der Waals surface area contributed by atoms with Gasteiger partial charge in [-0.25, -0.2) is 0 Å². The molecule has 0 fully saturated rings. The zero-order chi connectivity index (χ0) is 30.8.